The van der Waals surface area contributed by atoms with Crippen molar-refractivity contribution in [1.29, 1.82) is 0 Å². The van der Waals surface area contributed by atoms with E-state index in [2.05, 4.69) is 10.5 Å². The molecule has 0 saturated carbocycles. The Morgan fingerprint density at radius 1 is 1.16 bits per heavy atom. The van der Waals surface area contributed by atoms with Gasteiger partial charge in [-0.1, -0.05) is 18.2 Å². The number of Topliss-reactive ketones (excluding diaryl/α,β-unsaturated/α-hetero) is 1. The van der Waals surface area contributed by atoms with E-state index in [0.29, 0.717) is 13.1 Å². The first-order valence-electron chi connectivity index (χ1n) is 6.37. The molecule has 5 heteroatoms. The van der Waals surface area contributed by atoms with Gasteiger partial charge in [-0.15, -0.1) is 0 Å². The molecule has 0 atom stereocenters. The number of carbonyl (C=O) groups excluding carboxylic acids is 2. The van der Waals surface area contributed by atoms with Crippen molar-refractivity contribution in [2.75, 3.05) is 18.5 Å². The van der Waals surface area contributed by atoms with Gasteiger partial charge in [0.1, 0.15) is 0 Å². The van der Waals surface area contributed by atoms with Gasteiger partial charge in [0.25, 0.3) is 5.91 Å². The molecule has 0 unspecified atom stereocenters. The second-order valence-corrected chi connectivity index (χ2v) is 4.49. The fourth-order valence-corrected chi connectivity index (χ4v) is 1.98. The first kappa shape index (κ1) is 13.3. The third kappa shape index (κ3) is 3.40. The van der Waals surface area contributed by atoms with Crippen LogP contribution in [0.4, 0.5) is 5.69 Å². The monoisotopic (exact) mass is 259 g/mol. The SMILES string of the molecule is CC(=O)C(=NNc1ccccc1)C(=O)N1CCCC1. The van der Waals surface area contributed by atoms with Crippen molar-refractivity contribution >= 4 is 23.1 Å². The minimum Gasteiger partial charge on any atom is -0.337 e. The zero-order valence-corrected chi connectivity index (χ0v) is 10.9. The summed E-state index contributed by atoms with van der Waals surface area (Å²) < 4.78 is 0. The third-order valence-electron chi connectivity index (χ3n) is 3.00. The van der Waals surface area contributed by atoms with Crippen molar-refractivity contribution in [3.05, 3.63) is 30.3 Å². The zero-order valence-electron chi connectivity index (χ0n) is 10.9. The lowest BCUT2D eigenvalue weighted by molar-refractivity contribution is -0.124. The standard InChI is InChI=1S/C14H17N3O2/c1-11(18)13(14(19)17-9-5-6-10-17)16-15-12-7-3-2-4-8-12/h2-4,7-8,15H,5-6,9-10H2,1H3. The number of para-hydroxylation sites is 1. The molecule has 1 amide bonds. The van der Waals surface area contributed by atoms with Crippen LogP contribution in [0.25, 0.3) is 0 Å². The van der Waals surface area contributed by atoms with E-state index in [-0.39, 0.29) is 17.4 Å². The van der Waals surface area contributed by atoms with Gasteiger partial charge in [-0.05, 0) is 25.0 Å². The Kier molecular flexibility index (Phi) is 4.28. The number of hydrazone groups is 1. The summed E-state index contributed by atoms with van der Waals surface area (Å²) in [5, 5.41) is 3.96. The first-order chi connectivity index (χ1) is 9.18. The lowest BCUT2D eigenvalue weighted by atomic mass is 10.2. The highest BCUT2D eigenvalue weighted by molar-refractivity contribution is 6.65. The van der Waals surface area contributed by atoms with Crippen LogP contribution in [0.2, 0.25) is 0 Å². The predicted octanol–water partition coefficient (Wildman–Crippen LogP) is 1.67. The van der Waals surface area contributed by atoms with Gasteiger partial charge in [-0.25, -0.2) is 0 Å². The van der Waals surface area contributed by atoms with E-state index in [1.54, 1.807) is 4.90 Å². The smallest absolute Gasteiger partial charge is 0.277 e. The largest absolute Gasteiger partial charge is 0.337 e. The molecule has 0 bridgehead atoms. The fourth-order valence-electron chi connectivity index (χ4n) is 1.98. The number of hydrogen-bond donors (Lipinski definition) is 1. The molecule has 0 radical (unpaired) electrons. The Hall–Kier alpha value is -2.17. The molecule has 2 rings (SSSR count). The van der Waals surface area contributed by atoms with Crippen LogP contribution in [0.15, 0.2) is 35.4 Å². The Bertz CT molecular complexity index is 491. The molecule has 0 aliphatic carbocycles. The van der Waals surface area contributed by atoms with Crippen LogP contribution < -0.4 is 5.43 Å². The van der Waals surface area contributed by atoms with Gasteiger partial charge in [0.2, 0.25) is 0 Å². The molecule has 1 aliphatic rings. The normalized spacial score (nSPS) is 15.4. The Morgan fingerprint density at radius 3 is 2.37 bits per heavy atom. The average Bonchev–Trinajstić information content (AvgIpc) is 2.93. The number of anilines is 1. The van der Waals surface area contributed by atoms with Crippen molar-refractivity contribution in [3.8, 4) is 0 Å². The summed E-state index contributed by atoms with van der Waals surface area (Å²) >= 11 is 0. The minimum atomic E-state index is -0.319. The molecule has 1 heterocycles. The topological polar surface area (TPSA) is 61.8 Å². The van der Waals surface area contributed by atoms with Crippen molar-refractivity contribution in [2.24, 2.45) is 5.10 Å². The van der Waals surface area contributed by atoms with Crippen LogP contribution in [0.3, 0.4) is 0 Å². The number of amides is 1. The molecule has 0 spiro atoms. The Labute approximate surface area is 112 Å². The molecular weight excluding hydrogens is 242 g/mol. The Balaban J connectivity index is 2.11. The molecular formula is C14H17N3O2. The maximum Gasteiger partial charge on any atom is 0.277 e. The summed E-state index contributed by atoms with van der Waals surface area (Å²) in [4.78, 5) is 25.4. The molecule has 1 aromatic carbocycles. The van der Waals surface area contributed by atoms with E-state index in [9.17, 15) is 9.59 Å². The van der Waals surface area contributed by atoms with Crippen molar-refractivity contribution in [2.45, 2.75) is 19.8 Å². The summed E-state index contributed by atoms with van der Waals surface area (Å²) in [6, 6.07) is 9.24. The van der Waals surface area contributed by atoms with Gasteiger partial charge in [-0.3, -0.25) is 15.0 Å². The number of hydrogen-bond acceptors (Lipinski definition) is 4. The van der Waals surface area contributed by atoms with Crippen LogP contribution in [-0.2, 0) is 9.59 Å². The van der Waals surface area contributed by atoms with Gasteiger partial charge < -0.3 is 4.90 Å². The summed E-state index contributed by atoms with van der Waals surface area (Å²) in [7, 11) is 0. The van der Waals surface area contributed by atoms with E-state index in [1.807, 2.05) is 30.3 Å². The number of rotatable bonds is 4. The lowest BCUT2D eigenvalue weighted by Gasteiger charge is -2.15. The van der Waals surface area contributed by atoms with Crippen LogP contribution in [0.1, 0.15) is 19.8 Å². The summed E-state index contributed by atoms with van der Waals surface area (Å²) in [5.74, 6) is -0.603. The number of nitrogens with one attached hydrogen (secondary N) is 1. The number of benzene rings is 1. The highest BCUT2D eigenvalue weighted by atomic mass is 16.2. The quantitative estimate of drug-likeness (QED) is 0.508. The fraction of sp³-hybridized carbons (Fsp3) is 0.357. The lowest BCUT2D eigenvalue weighted by Crippen LogP contribution is -2.37. The maximum absolute atomic E-state index is 12.1. The van der Waals surface area contributed by atoms with Crippen LogP contribution in [0, 0.1) is 0 Å². The minimum absolute atomic E-state index is 0.0363. The first-order valence-corrected chi connectivity index (χ1v) is 6.37. The van der Waals surface area contributed by atoms with Crippen molar-refractivity contribution in [3.63, 3.8) is 0 Å². The zero-order chi connectivity index (χ0) is 13.7. The molecule has 1 N–H and O–H groups in total. The predicted molar refractivity (Wildman–Crippen MR) is 74.0 cm³/mol. The van der Waals surface area contributed by atoms with Gasteiger partial charge in [-0.2, -0.15) is 5.10 Å². The highest BCUT2D eigenvalue weighted by Crippen LogP contribution is 2.09. The van der Waals surface area contributed by atoms with E-state index >= 15 is 0 Å². The van der Waals surface area contributed by atoms with Crippen LogP contribution in [-0.4, -0.2) is 35.4 Å². The van der Waals surface area contributed by atoms with E-state index in [1.165, 1.54) is 6.92 Å². The van der Waals surface area contributed by atoms with E-state index < -0.39 is 0 Å². The van der Waals surface area contributed by atoms with Crippen LogP contribution in [0.5, 0.6) is 0 Å². The maximum atomic E-state index is 12.1. The molecule has 100 valence electrons. The number of nitrogens with zero attached hydrogens (tertiary/aromatic N) is 2. The molecule has 1 fully saturated rings. The average molecular weight is 259 g/mol. The number of likely N-dealkylation sites (tertiary alicyclic amines) is 1. The molecule has 5 nitrogen and oxygen atoms in total. The molecule has 1 aliphatic heterocycles. The number of ketones is 1. The van der Waals surface area contributed by atoms with Gasteiger partial charge >= 0.3 is 0 Å². The van der Waals surface area contributed by atoms with Crippen LogP contribution >= 0.6 is 0 Å². The number of carbonyl (C=O) groups is 2. The molecule has 19 heavy (non-hydrogen) atoms. The van der Waals surface area contributed by atoms with E-state index in [4.69, 9.17) is 0 Å². The Morgan fingerprint density at radius 2 is 1.79 bits per heavy atom. The van der Waals surface area contributed by atoms with Gasteiger partial charge in [0, 0.05) is 20.0 Å². The van der Waals surface area contributed by atoms with Crippen molar-refractivity contribution < 1.29 is 9.59 Å². The second kappa shape index (κ2) is 6.13. The van der Waals surface area contributed by atoms with Gasteiger partial charge in [0.15, 0.2) is 11.5 Å². The summed E-state index contributed by atoms with van der Waals surface area (Å²) in [6.45, 7) is 2.77. The van der Waals surface area contributed by atoms with Gasteiger partial charge in [0.05, 0.1) is 5.69 Å². The molecule has 1 aromatic rings. The molecule has 0 aromatic heterocycles. The van der Waals surface area contributed by atoms with Crippen molar-refractivity contribution in [1.82, 2.24) is 4.90 Å². The summed E-state index contributed by atoms with van der Waals surface area (Å²) in [5.41, 5.74) is 3.46. The van der Waals surface area contributed by atoms with E-state index in [0.717, 1.165) is 18.5 Å². The third-order valence-corrected chi connectivity index (χ3v) is 3.00. The highest BCUT2D eigenvalue weighted by Gasteiger charge is 2.25. The molecule has 1 saturated heterocycles. The summed E-state index contributed by atoms with van der Waals surface area (Å²) in [6.07, 6.45) is 1.98. The second-order valence-electron chi connectivity index (χ2n) is 4.49.